The first-order valence-electron chi connectivity index (χ1n) is 5.88. The number of hydrogen-bond donors (Lipinski definition) is 1. The number of ether oxygens (including phenoxy) is 1. The number of hydrogen-bond acceptors (Lipinski definition) is 2. The summed E-state index contributed by atoms with van der Waals surface area (Å²) >= 11 is 3.58. The number of nitrogens with one attached hydrogen (secondary N) is 1. The van der Waals surface area contributed by atoms with Crippen molar-refractivity contribution in [3.8, 4) is 5.75 Å². The van der Waals surface area contributed by atoms with Gasteiger partial charge in [0, 0.05) is 10.5 Å². The number of methoxy groups -OCH3 is 1. The molecule has 17 heavy (non-hydrogen) atoms. The molecule has 1 unspecified atom stereocenters. The first-order valence-corrected chi connectivity index (χ1v) is 6.67. The fraction of sp³-hybridized carbons (Fsp3) is 0.429. The molecule has 0 fully saturated rings. The monoisotopic (exact) mass is 297 g/mol. The van der Waals surface area contributed by atoms with Gasteiger partial charge < -0.3 is 10.1 Å². The van der Waals surface area contributed by atoms with Crippen LogP contribution in [0.2, 0.25) is 0 Å². The third-order valence-electron chi connectivity index (χ3n) is 2.66. The Hall–Kier alpha value is -0.800. The van der Waals surface area contributed by atoms with Crippen molar-refractivity contribution in [1.29, 1.82) is 0 Å². The Kier molecular flexibility index (Phi) is 6.30. The molecule has 0 amide bonds. The summed E-state index contributed by atoms with van der Waals surface area (Å²) in [5.41, 5.74) is 1.26. The number of benzene rings is 1. The number of likely N-dealkylation sites (N-methyl/N-ethyl adjacent to an activating group) is 1. The molecular weight excluding hydrogens is 278 g/mol. The summed E-state index contributed by atoms with van der Waals surface area (Å²) < 4.78 is 6.38. The molecule has 2 nitrogen and oxygen atoms in total. The maximum absolute atomic E-state index is 5.25. The van der Waals surface area contributed by atoms with Gasteiger partial charge in [-0.3, -0.25) is 0 Å². The van der Waals surface area contributed by atoms with Crippen LogP contribution in [0.15, 0.2) is 35.3 Å². The third kappa shape index (κ3) is 4.52. The summed E-state index contributed by atoms with van der Waals surface area (Å²) in [6.45, 7) is 6.90. The largest absolute Gasteiger partial charge is 0.497 e. The van der Waals surface area contributed by atoms with Crippen LogP contribution in [0, 0.1) is 0 Å². The van der Waals surface area contributed by atoms with Gasteiger partial charge in [0.25, 0.3) is 0 Å². The fourth-order valence-electron chi connectivity index (χ4n) is 1.83. The van der Waals surface area contributed by atoms with Crippen LogP contribution < -0.4 is 10.1 Å². The van der Waals surface area contributed by atoms with Crippen LogP contribution in [0.5, 0.6) is 5.75 Å². The van der Waals surface area contributed by atoms with Crippen molar-refractivity contribution in [3.05, 3.63) is 40.9 Å². The minimum absolute atomic E-state index is 0.431. The lowest BCUT2D eigenvalue weighted by molar-refractivity contribution is 0.413. The van der Waals surface area contributed by atoms with E-state index in [0.29, 0.717) is 6.04 Å². The summed E-state index contributed by atoms with van der Waals surface area (Å²) in [7, 11) is 1.69. The van der Waals surface area contributed by atoms with Gasteiger partial charge >= 0.3 is 0 Å². The van der Waals surface area contributed by atoms with E-state index in [1.54, 1.807) is 7.11 Å². The average Bonchev–Trinajstić information content (AvgIpc) is 2.32. The Balaban J connectivity index is 2.79. The summed E-state index contributed by atoms with van der Waals surface area (Å²) in [4.78, 5) is 0. The molecule has 0 saturated carbocycles. The number of rotatable bonds is 7. The zero-order chi connectivity index (χ0) is 12.7. The predicted octanol–water partition coefficient (Wildman–Crippen LogP) is 3.55. The fourth-order valence-corrected chi connectivity index (χ4v) is 2.24. The maximum Gasteiger partial charge on any atom is 0.119 e. The minimum Gasteiger partial charge on any atom is -0.497 e. The second kappa shape index (κ2) is 7.51. The highest BCUT2D eigenvalue weighted by Crippen LogP contribution is 2.24. The standard InChI is InChI=1S/C14H20BrNO/c1-4-6-12(16-5-2)9-11-10-13(17-3)7-8-14(11)15/h4,7-8,10,12,16H,1,5-6,9H2,2-3H3. The Morgan fingerprint density at radius 3 is 2.88 bits per heavy atom. The van der Waals surface area contributed by atoms with Crippen LogP contribution in [0.3, 0.4) is 0 Å². The van der Waals surface area contributed by atoms with Crippen LogP contribution in [0.1, 0.15) is 18.9 Å². The summed E-state index contributed by atoms with van der Waals surface area (Å²) in [6.07, 6.45) is 3.90. The summed E-state index contributed by atoms with van der Waals surface area (Å²) in [6, 6.07) is 6.51. The summed E-state index contributed by atoms with van der Waals surface area (Å²) in [5.74, 6) is 0.900. The van der Waals surface area contributed by atoms with Gasteiger partial charge in [0.1, 0.15) is 5.75 Å². The van der Waals surface area contributed by atoms with E-state index in [9.17, 15) is 0 Å². The lowest BCUT2D eigenvalue weighted by atomic mass is 10.0. The molecule has 0 radical (unpaired) electrons. The second-order valence-corrected chi connectivity index (χ2v) is 4.79. The molecular formula is C14H20BrNO. The smallest absolute Gasteiger partial charge is 0.119 e. The van der Waals surface area contributed by atoms with E-state index in [1.165, 1.54) is 5.56 Å². The SMILES string of the molecule is C=CCC(Cc1cc(OC)ccc1Br)NCC. The summed E-state index contributed by atoms with van der Waals surface area (Å²) in [5, 5.41) is 3.46. The van der Waals surface area contributed by atoms with Crippen LogP contribution in [0.4, 0.5) is 0 Å². The Bertz CT molecular complexity index is 365. The highest BCUT2D eigenvalue weighted by Gasteiger charge is 2.10. The number of halogens is 1. The molecule has 0 spiro atoms. The normalized spacial score (nSPS) is 12.2. The van der Waals surface area contributed by atoms with E-state index in [4.69, 9.17) is 4.74 Å². The molecule has 0 aromatic heterocycles. The van der Waals surface area contributed by atoms with Gasteiger partial charge in [-0.05, 0) is 43.1 Å². The average molecular weight is 298 g/mol. The van der Waals surface area contributed by atoms with E-state index >= 15 is 0 Å². The highest BCUT2D eigenvalue weighted by molar-refractivity contribution is 9.10. The quantitative estimate of drug-likeness (QED) is 0.777. The van der Waals surface area contributed by atoms with Crippen LogP contribution in [-0.4, -0.2) is 19.7 Å². The van der Waals surface area contributed by atoms with Crippen molar-refractivity contribution in [2.75, 3.05) is 13.7 Å². The molecule has 1 N–H and O–H groups in total. The zero-order valence-electron chi connectivity index (χ0n) is 10.5. The molecule has 0 aliphatic rings. The Labute approximate surface area is 112 Å². The molecule has 94 valence electrons. The zero-order valence-corrected chi connectivity index (χ0v) is 12.1. The van der Waals surface area contributed by atoms with Gasteiger partial charge in [0.05, 0.1) is 7.11 Å². The molecule has 0 aliphatic carbocycles. The third-order valence-corrected chi connectivity index (χ3v) is 3.44. The van der Waals surface area contributed by atoms with Crippen molar-refractivity contribution in [2.24, 2.45) is 0 Å². The van der Waals surface area contributed by atoms with Crippen molar-refractivity contribution < 1.29 is 4.74 Å². The van der Waals surface area contributed by atoms with E-state index in [-0.39, 0.29) is 0 Å². The van der Waals surface area contributed by atoms with Gasteiger partial charge in [0.2, 0.25) is 0 Å². The van der Waals surface area contributed by atoms with E-state index < -0.39 is 0 Å². The van der Waals surface area contributed by atoms with Crippen LogP contribution in [-0.2, 0) is 6.42 Å². The van der Waals surface area contributed by atoms with Crippen LogP contribution in [0.25, 0.3) is 0 Å². The van der Waals surface area contributed by atoms with Gasteiger partial charge in [-0.1, -0.05) is 28.9 Å². The van der Waals surface area contributed by atoms with Crippen molar-refractivity contribution >= 4 is 15.9 Å². The second-order valence-electron chi connectivity index (χ2n) is 3.94. The van der Waals surface area contributed by atoms with E-state index in [0.717, 1.165) is 29.6 Å². The van der Waals surface area contributed by atoms with E-state index in [1.807, 2.05) is 18.2 Å². The van der Waals surface area contributed by atoms with Crippen LogP contribution >= 0.6 is 15.9 Å². The molecule has 0 heterocycles. The van der Waals surface area contributed by atoms with Crippen molar-refractivity contribution in [3.63, 3.8) is 0 Å². The molecule has 1 atom stereocenters. The van der Waals surface area contributed by atoms with Gasteiger partial charge in [-0.15, -0.1) is 6.58 Å². The molecule has 0 bridgehead atoms. The van der Waals surface area contributed by atoms with Gasteiger partial charge in [-0.2, -0.15) is 0 Å². The maximum atomic E-state index is 5.25. The van der Waals surface area contributed by atoms with Gasteiger partial charge in [-0.25, -0.2) is 0 Å². The molecule has 0 saturated heterocycles. The molecule has 3 heteroatoms. The van der Waals surface area contributed by atoms with Gasteiger partial charge in [0.15, 0.2) is 0 Å². The Morgan fingerprint density at radius 2 is 2.29 bits per heavy atom. The first kappa shape index (κ1) is 14.3. The first-order chi connectivity index (χ1) is 8.21. The topological polar surface area (TPSA) is 21.3 Å². The lowest BCUT2D eigenvalue weighted by Crippen LogP contribution is -2.30. The predicted molar refractivity (Wildman–Crippen MR) is 76.7 cm³/mol. The molecule has 1 aromatic carbocycles. The van der Waals surface area contributed by atoms with E-state index in [2.05, 4.69) is 40.8 Å². The Morgan fingerprint density at radius 1 is 1.53 bits per heavy atom. The molecule has 0 aliphatic heterocycles. The molecule has 1 aromatic rings. The van der Waals surface area contributed by atoms with Crippen molar-refractivity contribution in [1.82, 2.24) is 5.32 Å². The lowest BCUT2D eigenvalue weighted by Gasteiger charge is -2.17. The highest BCUT2D eigenvalue weighted by atomic mass is 79.9. The molecule has 1 rings (SSSR count). The van der Waals surface area contributed by atoms with Crippen molar-refractivity contribution in [2.45, 2.75) is 25.8 Å². The minimum atomic E-state index is 0.431.